The molecule has 1 rings (SSSR count). The number of piperidine rings is 1. The van der Waals surface area contributed by atoms with Gasteiger partial charge in [0.05, 0.1) is 12.0 Å². The summed E-state index contributed by atoms with van der Waals surface area (Å²) in [5.41, 5.74) is 0. The van der Waals surface area contributed by atoms with Crippen LogP contribution in [0.4, 0.5) is 0 Å². The quantitative estimate of drug-likeness (QED) is 0.575. The van der Waals surface area contributed by atoms with Crippen LogP contribution >= 0.6 is 0 Å². The lowest BCUT2D eigenvalue weighted by Crippen LogP contribution is -2.49. The van der Waals surface area contributed by atoms with Gasteiger partial charge >= 0.3 is 5.97 Å². The topological polar surface area (TPSA) is 78.4 Å². The van der Waals surface area contributed by atoms with Crippen LogP contribution in [0.3, 0.4) is 0 Å². The molecule has 0 radical (unpaired) electrons. The summed E-state index contributed by atoms with van der Waals surface area (Å²) in [5.74, 6) is -1.31. The Kier molecular flexibility index (Phi) is 3.88. The van der Waals surface area contributed by atoms with E-state index in [0.29, 0.717) is 6.54 Å². The minimum Gasteiger partial charge on any atom is -0.481 e. The zero-order chi connectivity index (χ0) is 10.6. The van der Waals surface area contributed by atoms with Crippen LogP contribution in [0.2, 0.25) is 0 Å². The molecule has 80 valence electrons. The van der Waals surface area contributed by atoms with Gasteiger partial charge in [-0.05, 0) is 12.8 Å². The Balaban J connectivity index is 2.29. The second kappa shape index (κ2) is 4.95. The molecule has 1 heterocycles. The molecule has 0 spiro atoms. The van der Waals surface area contributed by atoms with Crippen LogP contribution in [-0.4, -0.2) is 36.1 Å². The molecule has 1 fully saturated rings. The zero-order valence-corrected chi connectivity index (χ0v) is 8.25. The number of aliphatic carboxylic acids is 1. The van der Waals surface area contributed by atoms with E-state index in [1.165, 1.54) is 0 Å². The highest BCUT2D eigenvalue weighted by Crippen LogP contribution is 2.03. The van der Waals surface area contributed by atoms with Crippen molar-refractivity contribution < 1.29 is 14.7 Å². The minimum atomic E-state index is -0.839. The number of carboxylic acid groups (broad SMARTS) is 1. The van der Waals surface area contributed by atoms with E-state index in [9.17, 15) is 9.59 Å². The molecule has 1 amide bonds. The number of carboxylic acids is 1. The Hall–Kier alpha value is -1.10. The maximum Gasteiger partial charge on any atom is 0.307 e. The van der Waals surface area contributed by atoms with Crippen molar-refractivity contribution in [2.24, 2.45) is 5.92 Å². The molecule has 0 aliphatic carbocycles. The third-order valence-electron chi connectivity index (χ3n) is 2.38. The predicted molar refractivity (Wildman–Crippen MR) is 50.8 cm³/mol. The van der Waals surface area contributed by atoms with Crippen LogP contribution in [0.1, 0.15) is 19.8 Å². The average Bonchev–Trinajstić information content (AvgIpc) is 2.16. The van der Waals surface area contributed by atoms with Crippen LogP contribution in [0, 0.1) is 5.92 Å². The standard InChI is InChI=1S/C9H16N2O3/c1-6(9(13)14)5-11-7-3-2-4-10-8(7)12/h6-7,11H,2-5H2,1H3,(H,10,12)(H,13,14). The Bertz CT molecular complexity index is 230. The summed E-state index contributed by atoms with van der Waals surface area (Å²) in [7, 11) is 0. The maximum absolute atomic E-state index is 11.3. The monoisotopic (exact) mass is 200 g/mol. The summed E-state index contributed by atoms with van der Waals surface area (Å²) < 4.78 is 0. The van der Waals surface area contributed by atoms with Crippen LogP contribution in [0.15, 0.2) is 0 Å². The van der Waals surface area contributed by atoms with E-state index in [1.807, 2.05) is 0 Å². The van der Waals surface area contributed by atoms with Crippen molar-refractivity contribution in [3.05, 3.63) is 0 Å². The van der Waals surface area contributed by atoms with E-state index >= 15 is 0 Å². The van der Waals surface area contributed by atoms with Gasteiger partial charge in [0.25, 0.3) is 0 Å². The summed E-state index contributed by atoms with van der Waals surface area (Å²) in [6, 6.07) is -0.217. The largest absolute Gasteiger partial charge is 0.481 e. The molecule has 1 aliphatic rings. The van der Waals surface area contributed by atoms with Gasteiger partial charge in [-0.2, -0.15) is 0 Å². The van der Waals surface area contributed by atoms with Gasteiger partial charge in [0.1, 0.15) is 0 Å². The van der Waals surface area contributed by atoms with E-state index < -0.39 is 11.9 Å². The molecule has 0 aromatic rings. The van der Waals surface area contributed by atoms with Gasteiger partial charge in [-0.25, -0.2) is 0 Å². The first kappa shape index (κ1) is 11.0. The first-order valence-corrected chi connectivity index (χ1v) is 4.85. The molecule has 2 unspecified atom stereocenters. The molecule has 5 heteroatoms. The van der Waals surface area contributed by atoms with Crippen molar-refractivity contribution in [2.45, 2.75) is 25.8 Å². The Morgan fingerprint density at radius 2 is 2.50 bits per heavy atom. The van der Waals surface area contributed by atoms with Crippen LogP contribution < -0.4 is 10.6 Å². The fraction of sp³-hybridized carbons (Fsp3) is 0.778. The molecule has 1 aliphatic heterocycles. The summed E-state index contributed by atoms with van der Waals surface area (Å²) in [4.78, 5) is 21.8. The fourth-order valence-corrected chi connectivity index (χ4v) is 1.37. The van der Waals surface area contributed by atoms with Gasteiger partial charge in [-0.3, -0.25) is 9.59 Å². The summed E-state index contributed by atoms with van der Waals surface area (Å²) >= 11 is 0. The third-order valence-corrected chi connectivity index (χ3v) is 2.38. The number of hydrogen-bond donors (Lipinski definition) is 3. The second-order valence-corrected chi connectivity index (χ2v) is 3.63. The number of nitrogens with one attached hydrogen (secondary N) is 2. The van der Waals surface area contributed by atoms with E-state index in [2.05, 4.69) is 10.6 Å². The number of carbonyl (C=O) groups is 2. The van der Waals surface area contributed by atoms with Crippen molar-refractivity contribution in [2.75, 3.05) is 13.1 Å². The fourth-order valence-electron chi connectivity index (χ4n) is 1.37. The van der Waals surface area contributed by atoms with Gasteiger partial charge in [0.2, 0.25) is 5.91 Å². The van der Waals surface area contributed by atoms with Gasteiger partial charge in [-0.1, -0.05) is 6.92 Å². The normalized spacial score (nSPS) is 24.1. The first-order valence-electron chi connectivity index (χ1n) is 4.85. The van der Waals surface area contributed by atoms with E-state index in [1.54, 1.807) is 6.92 Å². The zero-order valence-electron chi connectivity index (χ0n) is 8.25. The highest BCUT2D eigenvalue weighted by atomic mass is 16.4. The molecule has 0 saturated carbocycles. The lowest BCUT2D eigenvalue weighted by molar-refractivity contribution is -0.141. The van der Waals surface area contributed by atoms with E-state index in [0.717, 1.165) is 19.4 Å². The predicted octanol–water partition coefficient (Wildman–Crippen LogP) is -0.425. The molecule has 1 saturated heterocycles. The lowest BCUT2D eigenvalue weighted by atomic mass is 10.1. The van der Waals surface area contributed by atoms with Crippen LogP contribution in [0.25, 0.3) is 0 Å². The van der Waals surface area contributed by atoms with Crippen LogP contribution in [-0.2, 0) is 9.59 Å². The molecular formula is C9H16N2O3. The molecule has 5 nitrogen and oxygen atoms in total. The Morgan fingerprint density at radius 3 is 3.07 bits per heavy atom. The van der Waals surface area contributed by atoms with Crippen LogP contribution in [0.5, 0.6) is 0 Å². The van der Waals surface area contributed by atoms with Gasteiger partial charge in [-0.15, -0.1) is 0 Å². The number of carbonyl (C=O) groups excluding carboxylic acids is 1. The van der Waals surface area contributed by atoms with Gasteiger partial charge < -0.3 is 15.7 Å². The molecule has 3 N–H and O–H groups in total. The minimum absolute atomic E-state index is 0.0196. The Morgan fingerprint density at radius 1 is 1.79 bits per heavy atom. The Labute approximate surface area is 82.9 Å². The van der Waals surface area contributed by atoms with Crippen molar-refractivity contribution in [3.63, 3.8) is 0 Å². The average molecular weight is 200 g/mol. The molecule has 0 aromatic heterocycles. The first-order chi connectivity index (χ1) is 6.61. The van der Waals surface area contributed by atoms with Crippen molar-refractivity contribution >= 4 is 11.9 Å². The number of hydrogen-bond acceptors (Lipinski definition) is 3. The molecule has 0 bridgehead atoms. The third kappa shape index (κ3) is 2.99. The van der Waals surface area contributed by atoms with Crippen molar-refractivity contribution in [1.82, 2.24) is 10.6 Å². The number of rotatable bonds is 4. The molecule has 0 aromatic carbocycles. The molecular weight excluding hydrogens is 184 g/mol. The maximum atomic E-state index is 11.3. The summed E-state index contributed by atoms with van der Waals surface area (Å²) in [6.07, 6.45) is 1.74. The lowest BCUT2D eigenvalue weighted by Gasteiger charge is -2.23. The van der Waals surface area contributed by atoms with E-state index in [4.69, 9.17) is 5.11 Å². The summed E-state index contributed by atoms with van der Waals surface area (Å²) in [5, 5.41) is 14.3. The highest BCUT2D eigenvalue weighted by Gasteiger charge is 2.22. The smallest absolute Gasteiger partial charge is 0.307 e. The van der Waals surface area contributed by atoms with Gasteiger partial charge in [0, 0.05) is 13.1 Å². The molecule has 2 atom stereocenters. The molecule has 14 heavy (non-hydrogen) atoms. The number of amides is 1. The van der Waals surface area contributed by atoms with Gasteiger partial charge in [0.15, 0.2) is 0 Å². The summed E-state index contributed by atoms with van der Waals surface area (Å²) in [6.45, 7) is 2.69. The van der Waals surface area contributed by atoms with E-state index in [-0.39, 0.29) is 11.9 Å². The van der Waals surface area contributed by atoms with Crippen molar-refractivity contribution in [3.8, 4) is 0 Å². The highest BCUT2D eigenvalue weighted by molar-refractivity contribution is 5.82. The SMILES string of the molecule is CC(CNC1CCCNC1=O)C(=O)O. The second-order valence-electron chi connectivity index (χ2n) is 3.63. The van der Waals surface area contributed by atoms with Crippen molar-refractivity contribution in [1.29, 1.82) is 0 Å².